The molecule has 0 aliphatic carbocycles. The number of benzene rings is 1. The first kappa shape index (κ1) is 15.3. The van der Waals surface area contributed by atoms with Gasteiger partial charge in [0.15, 0.2) is 0 Å². The lowest BCUT2D eigenvalue weighted by Gasteiger charge is -2.32. The summed E-state index contributed by atoms with van der Waals surface area (Å²) in [6, 6.07) is 5.95. The Morgan fingerprint density at radius 3 is 2.67 bits per heavy atom. The molecule has 1 aromatic rings. The first-order valence-corrected chi connectivity index (χ1v) is 8.80. The van der Waals surface area contributed by atoms with Gasteiger partial charge in [-0.2, -0.15) is 0 Å². The molecule has 0 aromatic heterocycles. The van der Waals surface area contributed by atoms with Crippen LogP contribution in [0.2, 0.25) is 5.02 Å². The zero-order chi connectivity index (χ0) is 14.8. The minimum Gasteiger partial charge on any atom is -0.337 e. The number of hydrogen-bond donors (Lipinski definition) is 0. The molecule has 0 radical (unpaired) electrons. The number of piperidine rings is 1. The van der Waals surface area contributed by atoms with Crippen molar-refractivity contribution < 1.29 is 4.79 Å². The Hall–Kier alpha value is -0.580. The van der Waals surface area contributed by atoms with E-state index in [2.05, 4.69) is 20.8 Å². The molecule has 3 nitrogen and oxygen atoms in total. The maximum Gasteiger partial charge on any atom is 0.253 e. The molecule has 0 saturated carbocycles. The average Bonchev–Trinajstić information content (AvgIpc) is 3.00. The van der Waals surface area contributed by atoms with E-state index >= 15 is 0 Å². The lowest BCUT2D eigenvalue weighted by Crippen LogP contribution is -2.41. The van der Waals surface area contributed by atoms with Gasteiger partial charge in [-0.05, 0) is 66.5 Å². The molecule has 1 unspecified atom stereocenters. The van der Waals surface area contributed by atoms with Gasteiger partial charge in [-0.25, -0.2) is 0 Å². The minimum atomic E-state index is 0.117. The third-order valence-corrected chi connectivity index (χ3v) is 5.74. The second-order valence-corrected chi connectivity index (χ2v) is 7.18. The van der Waals surface area contributed by atoms with Crippen molar-refractivity contribution in [2.75, 3.05) is 26.2 Å². The van der Waals surface area contributed by atoms with Crippen LogP contribution in [-0.2, 0) is 0 Å². The first-order chi connectivity index (χ1) is 10.1. The summed E-state index contributed by atoms with van der Waals surface area (Å²) in [7, 11) is 0. The van der Waals surface area contributed by atoms with Crippen LogP contribution in [0, 0.1) is 0 Å². The number of halogens is 2. The van der Waals surface area contributed by atoms with Crippen molar-refractivity contribution in [3.05, 3.63) is 33.3 Å². The standard InChI is InChI=1S/C16H20BrClN2O/c17-14-10-12(4-5-15(14)18)16(21)20-9-6-13(11-20)19-7-2-1-3-8-19/h4-5,10,13H,1-3,6-9,11H2. The van der Waals surface area contributed by atoms with Gasteiger partial charge in [0.2, 0.25) is 0 Å². The normalized spacial score (nSPS) is 23.5. The molecule has 114 valence electrons. The van der Waals surface area contributed by atoms with E-state index in [1.165, 1.54) is 32.4 Å². The van der Waals surface area contributed by atoms with E-state index in [0.717, 1.165) is 24.0 Å². The fourth-order valence-corrected chi connectivity index (χ4v) is 3.82. The fraction of sp³-hybridized carbons (Fsp3) is 0.562. The summed E-state index contributed by atoms with van der Waals surface area (Å²) in [5.74, 6) is 0.117. The molecule has 1 amide bonds. The average molecular weight is 372 g/mol. The van der Waals surface area contributed by atoms with Crippen molar-refractivity contribution in [2.24, 2.45) is 0 Å². The Labute approximate surface area is 139 Å². The summed E-state index contributed by atoms with van der Waals surface area (Å²) in [6.07, 6.45) is 5.05. The van der Waals surface area contributed by atoms with Crippen LogP contribution in [-0.4, -0.2) is 47.9 Å². The smallest absolute Gasteiger partial charge is 0.253 e. The van der Waals surface area contributed by atoms with Crippen molar-refractivity contribution >= 4 is 33.4 Å². The van der Waals surface area contributed by atoms with E-state index in [-0.39, 0.29) is 5.91 Å². The zero-order valence-corrected chi connectivity index (χ0v) is 14.4. The van der Waals surface area contributed by atoms with Gasteiger partial charge in [-0.1, -0.05) is 18.0 Å². The number of nitrogens with zero attached hydrogens (tertiary/aromatic N) is 2. The quantitative estimate of drug-likeness (QED) is 0.789. The molecule has 1 aromatic carbocycles. The number of likely N-dealkylation sites (tertiary alicyclic amines) is 2. The Morgan fingerprint density at radius 1 is 1.19 bits per heavy atom. The van der Waals surface area contributed by atoms with Crippen LogP contribution in [0.4, 0.5) is 0 Å². The SMILES string of the molecule is O=C(c1ccc(Cl)c(Br)c1)N1CCC(N2CCCCC2)C1. The highest BCUT2D eigenvalue weighted by atomic mass is 79.9. The lowest BCUT2D eigenvalue weighted by atomic mass is 10.1. The summed E-state index contributed by atoms with van der Waals surface area (Å²) < 4.78 is 0.779. The van der Waals surface area contributed by atoms with Gasteiger partial charge in [0.1, 0.15) is 0 Å². The molecule has 2 saturated heterocycles. The second kappa shape index (κ2) is 6.67. The molecule has 0 spiro atoms. The van der Waals surface area contributed by atoms with Gasteiger partial charge in [-0.3, -0.25) is 9.69 Å². The van der Waals surface area contributed by atoms with Crippen molar-refractivity contribution in [3.63, 3.8) is 0 Å². The first-order valence-electron chi connectivity index (χ1n) is 7.63. The van der Waals surface area contributed by atoms with Crippen LogP contribution >= 0.6 is 27.5 Å². The number of rotatable bonds is 2. The highest BCUT2D eigenvalue weighted by Gasteiger charge is 2.31. The molecule has 2 heterocycles. The van der Waals surface area contributed by atoms with Crippen LogP contribution in [0.5, 0.6) is 0 Å². The predicted molar refractivity (Wildman–Crippen MR) is 88.9 cm³/mol. The van der Waals surface area contributed by atoms with Crippen molar-refractivity contribution in [2.45, 2.75) is 31.7 Å². The van der Waals surface area contributed by atoms with Crippen LogP contribution < -0.4 is 0 Å². The Morgan fingerprint density at radius 2 is 1.95 bits per heavy atom. The lowest BCUT2D eigenvalue weighted by molar-refractivity contribution is 0.0771. The molecular weight excluding hydrogens is 352 g/mol. The molecule has 5 heteroatoms. The summed E-state index contributed by atoms with van der Waals surface area (Å²) in [6.45, 7) is 4.11. The van der Waals surface area contributed by atoms with Crippen molar-refractivity contribution in [1.29, 1.82) is 0 Å². The summed E-state index contributed by atoms with van der Waals surface area (Å²) in [5, 5.41) is 0.638. The molecule has 2 fully saturated rings. The minimum absolute atomic E-state index is 0.117. The Balaban J connectivity index is 1.64. The molecule has 3 rings (SSSR count). The molecule has 2 aliphatic rings. The summed E-state index contributed by atoms with van der Waals surface area (Å²) in [4.78, 5) is 17.1. The van der Waals surface area contributed by atoms with Gasteiger partial charge in [0.05, 0.1) is 5.02 Å². The van der Waals surface area contributed by atoms with E-state index < -0.39 is 0 Å². The highest BCUT2D eigenvalue weighted by molar-refractivity contribution is 9.10. The molecule has 0 N–H and O–H groups in total. The molecule has 0 bridgehead atoms. The van der Waals surface area contributed by atoms with Gasteiger partial charge in [-0.15, -0.1) is 0 Å². The largest absolute Gasteiger partial charge is 0.337 e. The van der Waals surface area contributed by atoms with E-state index in [4.69, 9.17) is 11.6 Å². The van der Waals surface area contributed by atoms with Gasteiger partial charge < -0.3 is 4.90 Å². The molecular formula is C16H20BrClN2O. The van der Waals surface area contributed by atoms with Gasteiger partial charge in [0.25, 0.3) is 5.91 Å². The second-order valence-electron chi connectivity index (χ2n) is 5.92. The highest BCUT2D eigenvalue weighted by Crippen LogP contribution is 2.26. The van der Waals surface area contributed by atoms with Crippen LogP contribution in [0.25, 0.3) is 0 Å². The van der Waals surface area contributed by atoms with Crippen LogP contribution in [0.15, 0.2) is 22.7 Å². The molecule has 1 atom stereocenters. The Bertz CT molecular complexity index is 531. The number of hydrogen-bond acceptors (Lipinski definition) is 2. The van der Waals surface area contributed by atoms with E-state index in [1.807, 2.05) is 17.0 Å². The third kappa shape index (κ3) is 3.43. The predicted octanol–water partition coefficient (Wildman–Crippen LogP) is 3.80. The number of carbonyl (C=O) groups is 1. The van der Waals surface area contributed by atoms with Gasteiger partial charge >= 0.3 is 0 Å². The van der Waals surface area contributed by atoms with E-state index in [1.54, 1.807) is 6.07 Å². The summed E-state index contributed by atoms with van der Waals surface area (Å²) >= 11 is 9.38. The number of carbonyl (C=O) groups excluding carboxylic acids is 1. The van der Waals surface area contributed by atoms with Crippen LogP contribution in [0.1, 0.15) is 36.0 Å². The van der Waals surface area contributed by atoms with Crippen molar-refractivity contribution in [3.8, 4) is 0 Å². The number of amides is 1. The topological polar surface area (TPSA) is 23.6 Å². The van der Waals surface area contributed by atoms with Crippen LogP contribution in [0.3, 0.4) is 0 Å². The maximum absolute atomic E-state index is 12.6. The fourth-order valence-electron chi connectivity index (χ4n) is 3.32. The van der Waals surface area contributed by atoms with Gasteiger partial charge in [0, 0.05) is 29.2 Å². The van der Waals surface area contributed by atoms with E-state index in [9.17, 15) is 4.79 Å². The Kier molecular flexibility index (Phi) is 4.87. The summed E-state index contributed by atoms with van der Waals surface area (Å²) in [5.41, 5.74) is 0.713. The van der Waals surface area contributed by atoms with E-state index in [0.29, 0.717) is 16.6 Å². The van der Waals surface area contributed by atoms with Crippen molar-refractivity contribution in [1.82, 2.24) is 9.80 Å². The monoisotopic (exact) mass is 370 g/mol. The third-order valence-electron chi connectivity index (χ3n) is 4.52. The molecule has 21 heavy (non-hydrogen) atoms. The molecule has 2 aliphatic heterocycles. The maximum atomic E-state index is 12.6. The zero-order valence-electron chi connectivity index (χ0n) is 12.0.